The number of aliphatic hydroxyl groups is 1. The lowest BCUT2D eigenvalue weighted by Crippen LogP contribution is -2.12. The van der Waals surface area contributed by atoms with Crippen molar-refractivity contribution in [1.29, 1.82) is 5.26 Å². The molecule has 0 spiro atoms. The normalized spacial score (nSPS) is 10.4. The minimum Gasteiger partial charge on any atom is -0.394 e. The van der Waals surface area contributed by atoms with Gasteiger partial charge in [0, 0.05) is 0 Å². The number of ether oxygens (including phenoxy) is 1. The number of hydrogen-bond acceptors (Lipinski definition) is 5. The van der Waals surface area contributed by atoms with Crippen LogP contribution in [-0.4, -0.2) is 39.9 Å². The fourth-order valence-corrected chi connectivity index (χ4v) is 1.59. The van der Waals surface area contributed by atoms with Crippen LogP contribution >= 0.6 is 0 Å². The van der Waals surface area contributed by atoms with E-state index in [0.29, 0.717) is 26.2 Å². The van der Waals surface area contributed by atoms with E-state index in [4.69, 9.17) is 15.1 Å². The predicted octanol–water partition coefficient (Wildman–Crippen LogP) is 0.306. The second-order valence-electron chi connectivity index (χ2n) is 3.63. The molecule has 0 bridgehead atoms. The molecule has 0 atom stereocenters. The summed E-state index contributed by atoms with van der Waals surface area (Å²) in [6.07, 6.45) is 2.15. The zero-order chi connectivity index (χ0) is 12.5. The molecule has 0 amide bonds. The molecular formula is C11H18N4O2. The lowest BCUT2D eigenvalue weighted by Gasteiger charge is -2.06. The van der Waals surface area contributed by atoms with Gasteiger partial charge in [0.05, 0.1) is 50.2 Å². The summed E-state index contributed by atoms with van der Waals surface area (Å²) in [7, 11) is 0. The van der Waals surface area contributed by atoms with Gasteiger partial charge in [-0.1, -0.05) is 18.6 Å². The van der Waals surface area contributed by atoms with Crippen LogP contribution in [0.15, 0.2) is 0 Å². The Kier molecular flexibility index (Phi) is 6.22. The van der Waals surface area contributed by atoms with E-state index in [1.165, 1.54) is 0 Å². The van der Waals surface area contributed by atoms with Gasteiger partial charge in [-0.25, -0.2) is 4.68 Å². The van der Waals surface area contributed by atoms with E-state index in [9.17, 15) is 0 Å². The van der Waals surface area contributed by atoms with Crippen LogP contribution < -0.4 is 0 Å². The third-order valence-electron chi connectivity index (χ3n) is 2.33. The molecule has 0 unspecified atom stereocenters. The smallest absolute Gasteiger partial charge is 0.0999 e. The topological polar surface area (TPSA) is 84.0 Å². The Morgan fingerprint density at radius 3 is 2.94 bits per heavy atom. The van der Waals surface area contributed by atoms with E-state index in [-0.39, 0.29) is 6.61 Å². The van der Waals surface area contributed by atoms with Gasteiger partial charge in [0.1, 0.15) is 0 Å². The van der Waals surface area contributed by atoms with Crippen molar-refractivity contribution in [3.8, 4) is 6.07 Å². The summed E-state index contributed by atoms with van der Waals surface area (Å²) in [6, 6.07) is 2.09. The SMILES string of the molecule is CCCc1c(CC#N)nnn1CCOCCO. The minimum absolute atomic E-state index is 0.0266. The third kappa shape index (κ3) is 4.13. The Balaban J connectivity index is 2.60. The van der Waals surface area contributed by atoms with Crippen molar-refractivity contribution in [3.63, 3.8) is 0 Å². The molecule has 17 heavy (non-hydrogen) atoms. The first kappa shape index (κ1) is 13.6. The monoisotopic (exact) mass is 238 g/mol. The van der Waals surface area contributed by atoms with Gasteiger partial charge in [0.25, 0.3) is 0 Å². The van der Waals surface area contributed by atoms with Gasteiger partial charge in [-0.2, -0.15) is 5.26 Å². The fourth-order valence-electron chi connectivity index (χ4n) is 1.59. The molecule has 0 aliphatic carbocycles. The van der Waals surface area contributed by atoms with Crippen molar-refractivity contribution in [2.75, 3.05) is 19.8 Å². The standard InChI is InChI=1S/C11H18N4O2/c1-2-3-11-10(4-5-12)13-14-15(11)6-8-17-9-7-16/h16H,2-4,6-9H2,1H3. The van der Waals surface area contributed by atoms with E-state index >= 15 is 0 Å². The van der Waals surface area contributed by atoms with Gasteiger partial charge in [-0.15, -0.1) is 5.10 Å². The Hall–Kier alpha value is -1.45. The van der Waals surface area contributed by atoms with E-state index in [1.54, 1.807) is 4.68 Å². The minimum atomic E-state index is 0.0266. The highest BCUT2D eigenvalue weighted by atomic mass is 16.5. The Morgan fingerprint density at radius 2 is 2.29 bits per heavy atom. The molecule has 0 saturated heterocycles. The van der Waals surface area contributed by atoms with Crippen LogP contribution in [0.25, 0.3) is 0 Å². The first-order valence-corrected chi connectivity index (χ1v) is 5.80. The maximum atomic E-state index is 8.69. The highest BCUT2D eigenvalue weighted by molar-refractivity contribution is 5.14. The lowest BCUT2D eigenvalue weighted by molar-refractivity contribution is 0.0847. The molecule has 0 aliphatic heterocycles. The van der Waals surface area contributed by atoms with Crippen LogP contribution in [0.5, 0.6) is 0 Å². The molecule has 94 valence electrons. The number of hydrogen-bond donors (Lipinski definition) is 1. The van der Waals surface area contributed by atoms with Gasteiger partial charge < -0.3 is 9.84 Å². The second kappa shape index (κ2) is 7.76. The quantitative estimate of drug-likeness (QED) is 0.659. The largest absolute Gasteiger partial charge is 0.394 e. The van der Waals surface area contributed by atoms with Crippen LogP contribution in [-0.2, 0) is 24.1 Å². The summed E-state index contributed by atoms with van der Waals surface area (Å²) >= 11 is 0. The third-order valence-corrected chi connectivity index (χ3v) is 2.33. The number of aromatic nitrogens is 3. The molecule has 0 radical (unpaired) electrons. The molecule has 6 heteroatoms. The molecule has 0 aliphatic rings. The first-order valence-electron chi connectivity index (χ1n) is 5.80. The molecule has 1 aromatic rings. The number of aliphatic hydroxyl groups excluding tert-OH is 1. The average Bonchev–Trinajstić information content (AvgIpc) is 2.69. The molecule has 1 N–H and O–H groups in total. The molecule has 1 aromatic heterocycles. The zero-order valence-electron chi connectivity index (χ0n) is 10.1. The number of nitrogens with zero attached hydrogens (tertiary/aromatic N) is 4. The molecule has 1 heterocycles. The second-order valence-corrected chi connectivity index (χ2v) is 3.63. The van der Waals surface area contributed by atoms with Gasteiger partial charge in [0.2, 0.25) is 0 Å². The van der Waals surface area contributed by atoms with Crippen molar-refractivity contribution in [2.45, 2.75) is 32.7 Å². The maximum Gasteiger partial charge on any atom is 0.0999 e. The molecule has 6 nitrogen and oxygen atoms in total. The fraction of sp³-hybridized carbons (Fsp3) is 0.727. The van der Waals surface area contributed by atoms with E-state index in [2.05, 4.69) is 23.3 Å². The van der Waals surface area contributed by atoms with Crippen molar-refractivity contribution < 1.29 is 9.84 Å². The summed E-state index contributed by atoms with van der Waals surface area (Å²) < 4.78 is 6.97. The van der Waals surface area contributed by atoms with Crippen molar-refractivity contribution in [1.82, 2.24) is 15.0 Å². The summed E-state index contributed by atoms with van der Waals surface area (Å²) in [6.45, 7) is 3.54. The van der Waals surface area contributed by atoms with Crippen molar-refractivity contribution in [3.05, 3.63) is 11.4 Å². The average molecular weight is 238 g/mol. The lowest BCUT2D eigenvalue weighted by atomic mass is 10.2. The summed E-state index contributed by atoms with van der Waals surface area (Å²) in [5.41, 5.74) is 1.78. The Morgan fingerprint density at radius 1 is 1.47 bits per heavy atom. The molecule has 0 saturated carbocycles. The molecule has 0 fully saturated rings. The van der Waals surface area contributed by atoms with E-state index in [0.717, 1.165) is 24.2 Å². The van der Waals surface area contributed by atoms with Gasteiger partial charge in [0.15, 0.2) is 0 Å². The van der Waals surface area contributed by atoms with Crippen LogP contribution in [0.3, 0.4) is 0 Å². The van der Waals surface area contributed by atoms with Crippen LogP contribution in [0.2, 0.25) is 0 Å². The van der Waals surface area contributed by atoms with Crippen molar-refractivity contribution >= 4 is 0 Å². The van der Waals surface area contributed by atoms with Crippen molar-refractivity contribution in [2.24, 2.45) is 0 Å². The summed E-state index contributed by atoms with van der Waals surface area (Å²) in [5.74, 6) is 0. The predicted molar refractivity (Wildman–Crippen MR) is 61.2 cm³/mol. The van der Waals surface area contributed by atoms with Gasteiger partial charge in [-0.05, 0) is 6.42 Å². The number of rotatable bonds is 8. The Labute approximate surface area is 101 Å². The van der Waals surface area contributed by atoms with E-state index in [1.807, 2.05) is 0 Å². The first-order chi connectivity index (χ1) is 8.33. The van der Waals surface area contributed by atoms with Crippen LogP contribution in [0.1, 0.15) is 24.7 Å². The van der Waals surface area contributed by atoms with Gasteiger partial charge >= 0.3 is 0 Å². The summed E-state index contributed by atoms with van der Waals surface area (Å²) in [4.78, 5) is 0. The number of nitriles is 1. The molecule has 0 aromatic carbocycles. The Bertz CT molecular complexity index is 370. The van der Waals surface area contributed by atoms with Crippen LogP contribution in [0, 0.1) is 11.3 Å². The highest BCUT2D eigenvalue weighted by Crippen LogP contribution is 2.09. The highest BCUT2D eigenvalue weighted by Gasteiger charge is 2.11. The zero-order valence-corrected chi connectivity index (χ0v) is 10.1. The maximum absolute atomic E-state index is 8.69. The van der Waals surface area contributed by atoms with Gasteiger partial charge in [-0.3, -0.25) is 0 Å². The molecular weight excluding hydrogens is 220 g/mol. The summed E-state index contributed by atoms with van der Waals surface area (Å²) in [5, 5.41) is 25.3. The van der Waals surface area contributed by atoms with Crippen LogP contribution in [0.4, 0.5) is 0 Å². The molecule has 1 rings (SSSR count). The van der Waals surface area contributed by atoms with E-state index < -0.39 is 0 Å².